The summed E-state index contributed by atoms with van der Waals surface area (Å²) < 4.78 is 0. The van der Waals surface area contributed by atoms with E-state index in [-0.39, 0.29) is 0 Å². The lowest BCUT2D eigenvalue weighted by Crippen LogP contribution is -2.27. The molecule has 48 valence electrons. The Labute approximate surface area is 59.9 Å². The van der Waals surface area contributed by atoms with Crippen molar-refractivity contribution in [3.05, 3.63) is 36.7 Å². The number of fused-ring (bicyclic) bond motifs is 1. The van der Waals surface area contributed by atoms with Gasteiger partial charge in [0, 0.05) is 6.20 Å². The van der Waals surface area contributed by atoms with E-state index in [1.807, 2.05) is 29.3 Å². The topological polar surface area (TPSA) is 15.6 Å². The third-order valence-electron chi connectivity index (χ3n) is 1.47. The minimum absolute atomic E-state index is 0.819. The molecule has 0 aromatic rings. The standard InChI is InChI=1S/C8H7N2/c1-2-6-10-7-3-5-9-8(10)4-1/h1-2,4-6H,7H2/q+1. The van der Waals surface area contributed by atoms with Crippen molar-refractivity contribution in [2.24, 2.45) is 4.99 Å². The van der Waals surface area contributed by atoms with Gasteiger partial charge in [-0.15, -0.1) is 0 Å². The van der Waals surface area contributed by atoms with Crippen molar-refractivity contribution in [2.45, 2.75) is 0 Å². The number of hydrogen-bond acceptors (Lipinski definition) is 2. The van der Waals surface area contributed by atoms with Gasteiger partial charge in [0.15, 0.2) is 0 Å². The normalized spacial score (nSPS) is 20.0. The molecule has 0 unspecified atom stereocenters. The van der Waals surface area contributed by atoms with Crippen molar-refractivity contribution >= 4 is 5.84 Å². The van der Waals surface area contributed by atoms with Gasteiger partial charge in [0.25, 0.3) is 12.3 Å². The largest absolute Gasteiger partial charge is 0.285 e. The number of aliphatic imine (C=N–C) groups is 1. The molecule has 0 aromatic heterocycles. The van der Waals surface area contributed by atoms with Crippen LogP contribution in [0, 0.1) is 6.08 Å². The lowest BCUT2D eigenvalue weighted by Gasteiger charge is -2.16. The van der Waals surface area contributed by atoms with Crippen molar-refractivity contribution < 1.29 is 0 Å². The first kappa shape index (κ1) is 5.39. The molecule has 0 aromatic carbocycles. The monoisotopic (exact) mass is 131 g/mol. The van der Waals surface area contributed by atoms with E-state index in [9.17, 15) is 0 Å². The van der Waals surface area contributed by atoms with Crippen LogP contribution in [0.2, 0.25) is 0 Å². The summed E-state index contributed by atoms with van der Waals surface area (Å²) in [5, 5.41) is 0. The quantitative estimate of drug-likeness (QED) is 0.449. The van der Waals surface area contributed by atoms with Gasteiger partial charge in [-0.25, -0.2) is 0 Å². The first-order chi connectivity index (χ1) is 4.97. The summed E-state index contributed by atoms with van der Waals surface area (Å²) in [6, 6.07) is 0. The molecule has 0 N–H and O–H groups in total. The maximum Gasteiger partial charge on any atom is 0.271 e. The maximum atomic E-state index is 4.12. The van der Waals surface area contributed by atoms with Gasteiger partial charge in [0.1, 0.15) is 5.84 Å². The zero-order valence-corrected chi connectivity index (χ0v) is 5.49. The Kier molecular flexibility index (Phi) is 1.12. The summed E-state index contributed by atoms with van der Waals surface area (Å²) in [4.78, 5) is 6.16. The van der Waals surface area contributed by atoms with Gasteiger partial charge in [-0.1, -0.05) is 6.08 Å². The minimum Gasteiger partial charge on any atom is -0.285 e. The van der Waals surface area contributed by atoms with Crippen molar-refractivity contribution in [1.82, 2.24) is 4.90 Å². The zero-order valence-electron chi connectivity index (χ0n) is 5.49. The van der Waals surface area contributed by atoms with Crippen LogP contribution in [-0.2, 0) is 0 Å². The van der Waals surface area contributed by atoms with Crippen LogP contribution in [0.4, 0.5) is 0 Å². The van der Waals surface area contributed by atoms with Gasteiger partial charge in [-0.2, -0.15) is 4.99 Å². The molecule has 2 rings (SSSR count). The van der Waals surface area contributed by atoms with Crippen LogP contribution in [0.3, 0.4) is 0 Å². The van der Waals surface area contributed by atoms with Gasteiger partial charge in [0.2, 0.25) is 6.54 Å². The molecule has 0 amide bonds. The fourth-order valence-electron chi connectivity index (χ4n) is 0.969. The number of allylic oxidation sites excluding steroid dienone is 2. The molecule has 0 radical (unpaired) electrons. The summed E-state index contributed by atoms with van der Waals surface area (Å²) in [6.07, 6.45) is 12.7. The number of rotatable bonds is 0. The van der Waals surface area contributed by atoms with Gasteiger partial charge in [0.05, 0.1) is 0 Å². The van der Waals surface area contributed by atoms with Gasteiger partial charge in [-0.05, 0) is 12.2 Å². The summed E-state index contributed by atoms with van der Waals surface area (Å²) in [5.41, 5.74) is 0. The lowest BCUT2D eigenvalue weighted by atomic mass is 10.3. The first-order valence-electron chi connectivity index (χ1n) is 3.21. The van der Waals surface area contributed by atoms with E-state index < -0.39 is 0 Å². The highest BCUT2D eigenvalue weighted by atomic mass is 15.2. The van der Waals surface area contributed by atoms with Crippen LogP contribution in [0.1, 0.15) is 0 Å². The van der Waals surface area contributed by atoms with E-state index in [4.69, 9.17) is 0 Å². The third kappa shape index (κ3) is 0.751. The molecule has 0 aliphatic carbocycles. The molecular formula is C8H7N2+. The molecule has 0 saturated heterocycles. The molecule has 0 spiro atoms. The van der Waals surface area contributed by atoms with Crippen LogP contribution in [-0.4, -0.2) is 17.3 Å². The molecule has 2 aliphatic rings. The zero-order chi connectivity index (χ0) is 6.81. The fraction of sp³-hybridized carbons (Fsp3) is 0.125. The molecule has 2 heterocycles. The lowest BCUT2D eigenvalue weighted by molar-refractivity contribution is 0.605. The molecular weight excluding hydrogens is 124 g/mol. The molecule has 0 saturated carbocycles. The first-order valence-corrected chi connectivity index (χ1v) is 3.21. The summed E-state index contributed by atoms with van der Waals surface area (Å²) in [6.45, 7) is 0.819. The SMILES string of the molecule is [C+]1=CN=C2C=CC=CN2C1. The van der Waals surface area contributed by atoms with E-state index >= 15 is 0 Å². The Bertz CT molecular complexity index is 246. The van der Waals surface area contributed by atoms with Gasteiger partial charge in [-0.3, -0.25) is 4.90 Å². The van der Waals surface area contributed by atoms with E-state index in [2.05, 4.69) is 11.1 Å². The van der Waals surface area contributed by atoms with Gasteiger partial charge < -0.3 is 0 Å². The van der Waals surface area contributed by atoms with Crippen molar-refractivity contribution in [3.63, 3.8) is 0 Å². The molecule has 0 fully saturated rings. The molecule has 2 heteroatoms. The average Bonchev–Trinajstić information content (AvgIpc) is 2.05. The second-order valence-corrected chi connectivity index (χ2v) is 2.15. The van der Waals surface area contributed by atoms with Crippen LogP contribution in [0.25, 0.3) is 0 Å². The Hall–Kier alpha value is -1.40. The predicted octanol–water partition coefficient (Wildman–Crippen LogP) is 1.10. The molecule has 0 bridgehead atoms. The van der Waals surface area contributed by atoms with Crippen LogP contribution in [0.5, 0.6) is 0 Å². The number of hydrogen-bond donors (Lipinski definition) is 0. The maximum absolute atomic E-state index is 4.12. The van der Waals surface area contributed by atoms with Gasteiger partial charge >= 0.3 is 0 Å². The molecule has 2 nitrogen and oxygen atoms in total. The molecule has 10 heavy (non-hydrogen) atoms. The van der Waals surface area contributed by atoms with Crippen LogP contribution >= 0.6 is 0 Å². The minimum atomic E-state index is 0.819. The second kappa shape index (κ2) is 2.09. The highest BCUT2D eigenvalue weighted by molar-refractivity contribution is 5.95. The third-order valence-corrected chi connectivity index (χ3v) is 1.47. The van der Waals surface area contributed by atoms with E-state index in [1.54, 1.807) is 6.20 Å². The van der Waals surface area contributed by atoms with E-state index in [0.29, 0.717) is 0 Å². The smallest absolute Gasteiger partial charge is 0.271 e. The van der Waals surface area contributed by atoms with Crippen LogP contribution in [0.15, 0.2) is 35.6 Å². The van der Waals surface area contributed by atoms with Crippen molar-refractivity contribution in [3.8, 4) is 0 Å². The Morgan fingerprint density at radius 3 is 3.40 bits per heavy atom. The second-order valence-electron chi connectivity index (χ2n) is 2.15. The summed E-state index contributed by atoms with van der Waals surface area (Å²) in [5.74, 6) is 1.00. The molecule has 0 atom stereocenters. The van der Waals surface area contributed by atoms with Crippen molar-refractivity contribution in [1.29, 1.82) is 0 Å². The summed E-state index contributed by atoms with van der Waals surface area (Å²) >= 11 is 0. The fourth-order valence-corrected chi connectivity index (χ4v) is 0.969. The Morgan fingerprint density at radius 1 is 1.50 bits per heavy atom. The van der Waals surface area contributed by atoms with Crippen molar-refractivity contribution in [2.75, 3.05) is 6.54 Å². The van der Waals surface area contributed by atoms with E-state index in [1.165, 1.54) is 0 Å². The Balaban J connectivity index is 2.34. The predicted molar refractivity (Wildman–Crippen MR) is 40.2 cm³/mol. The molecule has 2 aliphatic heterocycles. The summed E-state index contributed by atoms with van der Waals surface area (Å²) in [7, 11) is 0. The number of nitrogens with zero attached hydrogens (tertiary/aromatic N) is 2. The van der Waals surface area contributed by atoms with E-state index in [0.717, 1.165) is 12.4 Å². The highest BCUT2D eigenvalue weighted by Gasteiger charge is 2.15. The van der Waals surface area contributed by atoms with Crippen LogP contribution < -0.4 is 0 Å². The number of amidine groups is 1. The highest BCUT2D eigenvalue weighted by Crippen LogP contribution is 2.05. The Morgan fingerprint density at radius 2 is 2.50 bits per heavy atom. The average molecular weight is 131 g/mol.